The molecule has 0 aromatic carbocycles. The van der Waals surface area contributed by atoms with Crippen LogP contribution in [0.25, 0.3) is 0 Å². The second kappa shape index (κ2) is 9.04. The highest BCUT2D eigenvalue weighted by molar-refractivity contribution is 5.39. The minimum Gasteiger partial charge on any atom is -0.484 e. The molecule has 2 aromatic heterocycles. The third-order valence-corrected chi connectivity index (χ3v) is 4.03. The molecule has 0 aliphatic rings. The maximum absolute atomic E-state index is 12.4. The lowest BCUT2D eigenvalue weighted by atomic mass is 9.99. The van der Waals surface area contributed by atoms with Gasteiger partial charge in [-0.3, -0.25) is 9.97 Å². The summed E-state index contributed by atoms with van der Waals surface area (Å²) in [5, 5.41) is 21.0. The molecule has 2 N–H and O–H groups in total. The van der Waals surface area contributed by atoms with Gasteiger partial charge in [0.25, 0.3) is 0 Å². The van der Waals surface area contributed by atoms with E-state index in [1.54, 1.807) is 0 Å². The first kappa shape index (κ1) is 23.7. The molecule has 0 aliphatic carbocycles. The lowest BCUT2D eigenvalue weighted by Gasteiger charge is -2.22. The third-order valence-electron chi connectivity index (χ3n) is 4.03. The van der Waals surface area contributed by atoms with E-state index in [2.05, 4.69) is 19.4 Å². The number of nitrogens with zero attached hydrogens (tertiary/aromatic N) is 2. The first-order chi connectivity index (χ1) is 13.8. The van der Waals surface area contributed by atoms with Crippen molar-refractivity contribution < 1.29 is 46.0 Å². The Hall–Kier alpha value is -2.60. The van der Waals surface area contributed by atoms with E-state index in [1.807, 2.05) is 0 Å². The zero-order valence-electron chi connectivity index (χ0n) is 15.8. The van der Waals surface area contributed by atoms with Crippen molar-refractivity contribution >= 4 is 0 Å². The molecule has 2 atom stereocenters. The van der Waals surface area contributed by atoms with E-state index in [0.717, 1.165) is 12.4 Å². The van der Waals surface area contributed by atoms with E-state index in [9.17, 15) is 36.6 Å². The van der Waals surface area contributed by atoms with Crippen LogP contribution in [0.5, 0.6) is 11.5 Å². The van der Waals surface area contributed by atoms with Crippen molar-refractivity contribution in [3.8, 4) is 11.5 Å². The van der Waals surface area contributed by atoms with Gasteiger partial charge in [-0.15, -0.1) is 0 Å². The minimum atomic E-state index is -4.58. The van der Waals surface area contributed by atoms with Crippen LogP contribution < -0.4 is 9.47 Å². The van der Waals surface area contributed by atoms with Crippen LogP contribution in [-0.4, -0.2) is 45.7 Å². The summed E-state index contributed by atoms with van der Waals surface area (Å²) in [6.45, 7) is -0.440. The normalized spacial score (nSPS) is 14.3. The van der Waals surface area contributed by atoms with Gasteiger partial charge in [-0.25, -0.2) is 0 Å². The number of pyridine rings is 2. The van der Waals surface area contributed by atoms with Crippen LogP contribution in [0.2, 0.25) is 0 Å². The standard InChI is InChI=1S/C18H18F6N2O4/c1-9-11(29-7-17(19,20)21)3-5-25-13(9)15(27)16(28)14-10(2)12(4-6-26-14)30-8-18(22,23)24/h3-6,15-16,27-28H,7-8H2,1-2H3. The third kappa shape index (κ3) is 6.20. The molecular formula is C18H18F6N2O4. The summed E-state index contributed by atoms with van der Waals surface area (Å²) in [6, 6.07) is 2.33. The predicted molar refractivity (Wildman–Crippen MR) is 91.0 cm³/mol. The highest BCUT2D eigenvalue weighted by Gasteiger charge is 2.32. The lowest BCUT2D eigenvalue weighted by Crippen LogP contribution is -2.21. The fourth-order valence-corrected chi connectivity index (χ4v) is 2.59. The van der Waals surface area contributed by atoms with Crippen molar-refractivity contribution in [2.45, 2.75) is 38.4 Å². The molecule has 0 saturated heterocycles. The van der Waals surface area contributed by atoms with Crippen molar-refractivity contribution in [2.24, 2.45) is 0 Å². The van der Waals surface area contributed by atoms with Crippen LogP contribution in [0, 0.1) is 13.8 Å². The maximum atomic E-state index is 12.4. The Kier molecular flexibility index (Phi) is 7.14. The van der Waals surface area contributed by atoms with Gasteiger partial charge < -0.3 is 19.7 Å². The number of ether oxygens (including phenoxy) is 2. The average molecular weight is 440 g/mol. The Morgan fingerprint density at radius 3 is 1.40 bits per heavy atom. The monoisotopic (exact) mass is 440 g/mol. The molecule has 2 rings (SSSR count). The van der Waals surface area contributed by atoms with Gasteiger partial charge in [0.05, 0.1) is 11.4 Å². The second-order valence-corrected chi connectivity index (χ2v) is 6.34. The fraction of sp³-hybridized carbons (Fsp3) is 0.444. The number of hydrogen-bond donors (Lipinski definition) is 2. The van der Waals surface area contributed by atoms with E-state index in [0.29, 0.717) is 0 Å². The van der Waals surface area contributed by atoms with E-state index in [4.69, 9.17) is 0 Å². The van der Waals surface area contributed by atoms with Crippen LogP contribution in [0.3, 0.4) is 0 Å². The number of hydrogen-bond acceptors (Lipinski definition) is 6. The molecule has 6 nitrogen and oxygen atoms in total. The van der Waals surface area contributed by atoms with E-state index in [-0.39, 0.29) is 34.0 Å². The van der Waals surface area contributed by atoms with Crippen LogP contribution >= 0.6 is 0 Å². The summed E-state index contributed by atoms with van der Waals surface area (Å²) < 4.78 is 83.6. The van der Waals surface area contributed by atoms with E-state index in [1.165, 1.54) is 26.0 Å². The second-order valence-electron chi connectivity index (χ2n) is 6.34. The van der Waals surface area contributed by atoms with Crippen molar-refractivity contribution in [3.63, 3.8) is 0 Å². The molecule has 2 unspecified atom stereocenters. The highest BCUT2D eigenvalue weighted by Crippen LogP contribution is 2.35. The van der Waals surface area contributed by atoms with Crippen LogP contribution in [-0.2, 0) is 0 Å². The number of aliphatic hydroxyl groups excluding tert-OH is 2. The number of rotatable bonds is 7. The molecule has 2 heterocycles. The number of halogens is 6. The van der Waals surface area contributed by atoms with Crippen LogP contribution in [0.1, 0.15) is 34.7 Å². The number of aliphatic hydroxyl groups is 2. The van der Waals surface area contributed by atoms with Crippen molar-refractivity contribution in [3.05, 3.63) is 47.0 Å². The molecule has 0 aliphatic heterocycles. The van der Waals surface area contributed by atoms with Crippen molar-refractivity contribution in [1.29, 1.82) is 0 Å². The molecule has 0 saturated carbocycles. The Morgan fingerprint density at radius 2 is 1.10 bits per heavy atom. The lowest BCUT2D eigenvalue weighted by molar-refractivity contribution is -0.154. The molecule has 30 heavy (non-hydrogen) atoms. The first-order valence-corrected chi connectivity index (χ1v) is 8.46. The van der Waals surface area contributed by atoms with Crippen LogP contribution in [0.4, 0.5) is 26.3 Å². The van der Waals surface area contributed by atoms with Gasteiger partial charge in [-0.2, -0.15) is 26.3 Å². The molecule has 0 spiro atoms. The summed E-state index contributed by atoms with van der Waals surface area (Å²) in [5.74, 6) is -0.397. The Balaban J connectivity index is 2.26. The zero-order chi connectivity index (χ0) is 22.7. The van der Waals surface area contributed by atoms with E-state index < -0.39 is 37.8 Å². The van der Waals surface area contributed by atoms with Gasteiger partial charge in [-0.05, 0) is 26.0 Å². The first-order valence-electron chi connectivity index (χ1n) is 8.46. The molecule has 0 amide bonds. The van der Waals surface area contributed by atoms with Gasteiger partial charge in [-0.1, -0.05) is 0 Å². The fourth-order valence-electron chi connectivity index (χ4n) is 2.59. The molecular weight excluding hydrogens is 422 g/mol. The van der Waals surface area contributed by atoms with Gasteiger partial charge in [0.2, 0.25) is 0 Å². The van der Waals surface area contributed by atoms with E-state index >= 15 is 0 Å². The van der Waals surface area contributed by atoms with Gasteiger partial charge in [0.15, 0.2) is 13.2 Å². The smallest absolute Gasteiger partial charge is 0.422 e. The summed E-state index contributed by atoms with van der Waals surface area (Å²) in [5.41, 5.74) is -0.249. The largest absolute Gasteiger partial charge is 0.484 e. The Morgan fingerprint density at radius 1 is 0.767 bits per heavy atom. The summed E-state index contributed by atoms with van der Waals surface area (Å²) in [4.78, 5) is 7.74. The minimum absolute atomic E-state index is 0.0513. The molecule has 0 radical (unpaired) electrons. The number of aromatic nitrogens is 2. The molecule has 0 fully saturated rings. The van der Waals surface area contributed by atoms with Crippen molar-refractivity contribution in [2.75, 3.05) is 13.2 Å². The summed E-state index contributed by atoms with van der Waals surface area (Å²) in [6.07, 6.45) is -10.5. The maximum Gasteiger partial charge on any atom is 0.422 e. The Bertz CT molecular complexity index is 801. The molecule has 2 aromatic rings. The number of alkyl halides is 6. The van der Waals surface area contributed by atoms with Crippen LogP contribution in [0.15, 0.2) is 24.5 Å². The Labute approximate surface area is 167 Å². The predicted octanol–water partition coefficient (Wildman–Crippen LogP) is 3.74. The topological polar surface area (TPSA) is 84.7 Å². The highest BCUT2D eigenvalue weighted by atomic mass is 19.4. The van der Waals surface area contributed by atoms with Gasteiger partial charge in [0, 0.05) is 23.5 Å². The quantitative estimate of drug-likeness (QED) is 0.639. The average Bonchev–Trinajstić information content (AvgIpc) is 2.64. The SMILES string of the molecule is Cc1c(OCC(F)(F)F)ccnc1C(O)C(O)c1nccc(OCC(F)(F)F)c1C. The molecule has 12 heteroatoms. The van der Waals surface area contributed by atoms with Gasteiger partial charge >= 0.3 is 12.4 Å². The van der Waals surface area contributed by atoms with Gasteiger partial charge in [0.1, 0.15) is 23.7 Å². The molecule has 166 valence electrons. The molecule has 0 bridgehead atoms. The summed E-state index contributed by atoms with van der Waals surface area (Å²) >= 11 is 0. The summed E-state index contributed by atoms with van der Waals surface area (Å²) in [7, 11) is 0. The zero-order valence-corrected chi connectivity index (χ0v) is 15.8. The van der Waals surface area contributed by atoms with Crippen molar-refractivity contribution in [1.82, 2.24) is 9.97 Å².